The molecule has 162 valence electrons. The first kappa shape index (κ1) is 21.8. The second-order valence-corrected chi connectivity index (χ2v) is 10.6. The van der Waals surface area contributed by atoms with Crippen molar-refractivity contribution in [3.8, 4) is 5.75 Å². The Balaban J connectivity index is 1.71. The smallest absolute Gasteiger partial charge is 0.262 e. The maximum atomic E-state index is 13.3. The molecule has 31 heavy (non-hydrogen) atoms. The molecule has 1 atom stereocenters. The molecule has 2 N–H and O–H groups in total. The highest BCUT2D eigenvalue weighted by Gasteiger charge is 2.28. The van der Waals surface area contributed by atoms with Crippen LogP contribution in [0.4, 0.5) is 5.69 Å². The predicted molar refractivity (Wildman–Crippen MR) is 123 cm³/mol. The van der Waals surface area contributed by atoms with Crippen LogP contribution in [0.15, 0.2) is 58.8 Å². The molecule has 1 aromatic heterocycles. The summed E-state index contributed by atoms with van der Waals surface area (Å²) in [5.74, 6) is 0.318. The number of thiophene rings is 1. The van der Waals surface area contributed by atoms with E-state index in [0.717, 1.165) is 10.4 Å². The summed E-state index contributed by atoms with van der Waals surface area (Å²) in [4.78, 5) is 12.3. The molecule has 1 unspecified atom stereocenters. The molecule has 0 aliphatic carbocycles. The van der Waals surface area contributed by atoms with Gasteiger partial charge < -0.3 is 10.1 Å². The zero-order chi connectivity index (χ0) is 22.2. The summed E-state index contributed by atoms with van der Waals surface area (Å²) in [5.41, 5.74) is 2.35. The maximum Gasteiger partial charge on any atom is 0.262 e. The van der Waals surface area contributed by atoms with Gasteiger partial charge in [0.05, 0.1) is 16.8 Å². The minimum absolute atomic E-state index is 0.00265. The van der Waals surface area contributed by atoms with Crippen LogP contribution in [0.25, 0.3) is 0 Å². The van der Waals surface area contributed by atoms with Gasteiger partial charge in [-0.15, -0.1) is 11.3 Å². The number of sulfonamides is 1. The number of nitrogens with one attached hydrogen (secondary N) is 2. The Labute approximate surface area is 190 Å². The van der Waals surface area contributed by atoms with Crippen molar-refractivity contribution < 1.29 is 17.9 Å². The van der Waals surface area contributed by atoms with E-state index >= 15 is 0 Å². The molecule has 1 aliphatic heterocycles. The predicted octanol–water partition coefficient (Wildman–Crippen LogP) is 4.92. The molecule has 2 aromatic carbocycles. The average Bonchev–Trinajstić information content (AvgIpc) is 3.26. The Morgan fingerprint density at radius 3 is 2.48 bits per heavy atom. The lowest BCUT2D eigenvalue weighted by Gasteiger charge is -2.22. The topological polar surface area (TPSA) is 84.5 Å². The van der Waals surface area contributed by atoms with Crippen LogP contribution in [0.1, 0.15) is 41.8 Å². The number of anilines is 1. The van der Waals surface area contributed by atoms with Crippen LogP contribution in [-0.4, -0.2) is 20.9 Å². The van der Waals surface area contributed by atoms with Crippen molar-refractivity contribution in [2.45, 2.75) is 30.7 Å². The number of rotatable bonds is 6. The third-order valence-electron chi connectivity index (χ3n) is 4.99. The number of ether oxygens (including phenoxy) is 1. The number of carbonyl (C=O) groups excluding carboxylic acids is 1. The van der Waals surface area contributed by atoms with Crippen LogP contribution in [0.2, 0.25) is 5.02 Å². The average molecular weight is 477 g/mol. The van der Waals surface area contributed by atoms with Crippen molar-refractivity contribution >= 4 is 44.6 Å². The third kappa shape index (κ3) is 4.62. The van der Waals surface area contributed by atoms with Gasteiger partial charge in [-0.2, -0.15) is 4.72 Å². The normalized spacial score (nSPS) is 14.6. The van der Waals surface area contributed by atoms with Crippen molar-refractivity contribution in [1.29, 1.82) is 0 Å². The van der Waals surface area contributed by atoms with Crippen molar-refractivity contribution in [3.05, 3.63) is 74.9 Å². The highest BCUT2D eigenvalue weighted by Crippen LogP contribution is 2.37. The molecule has 0 saturated carbocycles. The van der Waals surface area contributed by atoms with E-state index in [1.54, 1.807) is 0 Å². The first-order valence-corrected chi connectivity index (χ1v) is 12.4. The fraction of sp³-hybridized carbons (Fsp3) is 0.227. The van der Waals surface area contributed by atoms with Crippen molar-refractivity contribution in [2.24, 2.45) is 0 Å². The van der Waals surface area contributed by atoms with Gasteiger partial charge in [0, 0.05) is 10.9 Å². The molecule has 0 fully saturated rings. The molecule has 0 saturated heterocycles. The van der Waals surface area contributed by atoms with E-state index in [0.29, 0.717) is 11.6 Å². The minimum Gasteiger partial charge on any atom is -0.482 e. The Hall–Kier alpha value is -2.39. The minimum atomic E-state index is -4.01. The zero-order valence-corrected chi connectivity index (χ0v) is 19.3. The van der Waals surface area contributed by atoms with E-state index in [4.69, 9.17) is 16.3 Å². The van der Waals surface area contributed by atoms with Gasteiger partial charge in [0.1, 0.15) is 10.6 Å². The Bertz CT molecular complexity index is 1210. The summed E-state index contributed by atoms with van der Waals surface area (Å²) in [6.07, 6.45) is 0. The number of benzene rings is 2. The second kappa shape index (κ2) is 8.63. The molecular weight excluding hydrogens is 456 g/mol. The number of fused-ring (bicyclic) bond motifs is 1. The number of carbonyl (C=O) groups is 1. The number of hydrogen-bond donors (Lipinski definition) is 2. The van der Waals surface area contributed by atoms with Gasteiger partial charge in [0.2, 0.25) is 10.0 Å². The molecule has 4 rings (SSSR count). The molecule has 9 heteroatoms. The van der Waals surface area contributed by atoms with Crippen molar-refractivity contribution in [1.82, 2.24) is 4.72 Å². The SMILES string of the molecule is CC(C)c1ccc(C(NS(=O)(=O)c2cc3c(cc2Cl)NC(=O)CO3)c2cccs2)cc1. The molecule has 3 aromatic rings. The van der Waals surface area contributed by atoms with Crippen LogP contribution >= 0.6 is 22.9 Å². The van der Waals surface area contributed by atoms with Crippen LogP contribution in [0.5, 0.6) is 5.75 Å². The summed E-state index contributed by atoms with van der Waals surface area (Å²) in [6.45, 7) is 4.04. The van der Waals surface area contributed by atoms with Gasteiger partial charge in [-0.3, -0.25) is 4.79 Å². The number of amides is 1. The van der Waals surface area contributed by atoms with E-state index < -0.39 is 16.1 Å². The van der Waals surface area contributed by atoms with Gasteiger partial charge in [-0.05, 0) is 34.6 Å². The van der Waals surface area contributed by atoms with Gasteiger partial charge in [-0.1, -0.05) is 55.8 Å². The molecule has 0 bridgehead atoms. The van der Waals surface area contributed by atoms with Gasteiger partial charge in [-0.25, -0.2) is 8.42 Å². The lowest BCUT2D eigenvalue weighted by atomic mass is 9.99. The Kier molecular flexibility index (Phi) is 6.07. The summed E-state index contributed by atoms with van der Waals surface area (Å²) in [6, 6.07) is 13.8. The van der Waals surface area contributed by atoms with E-state index in [2.05, 4.69) is 23.9 Å². The molecule has 6 nitrogen and oxygen atoms in total. The quantitative estimate of drug-likeness (QED) is 0.528. The van der Waals surface area contributed by atoms with Crippen molar-refractivity contribution in [2.75, 3.05) is 11.9 Å². The van der Waals surface area contributed by atoms with Crippen LogP contribution in [0.3, 0.4) is 0 Å². The Morgan fingerprint density at radius 1 is 1.13 bits per heavy atom. The lowest BCUT2D eigenvalue weighted by molar-refractivity contribution is -0.118. The van der Waals surface area contributed by atoms with Gasteiger partial charge >= 0.3 is 0 Å². The monoisotopic (exact) mass is 476 g/mol. The zero-order valence-electron chi connectivity index (χ0n) is 16.9. The van der Waals surface area contributed by atoms with Crippen LogP contribution in [-0.2, 0) is 14.8 Å². The van der Waals surface area contributed by atoms with E-state index in [1.807, 2.05) is 41.8 Å². The molecule has 0 radical (unpaired) electrons. The largest absolute Gasteiger partial charge is 0.482 e. The first-order chi connectivity index (χ1) is 14.7. The fourth-order valence-electron chi connectivity index (χ4n) is 3.33. The summed E-state index contributed by atoms with van der Waals surface area (Å²) in [5, 5.41) is 4.52. The summed E-state index contributed by atoms with van der Waals surface area (Å²) < 4.78 is 34.8. The molecule has 1 aliphatic rings. The van der Waals surface area contributed by atoms with E-state index in [-0.39, 0.29) is 28.2 Å². The number of halogens is 1. The Morgan fingerprint density at radius 2 is 1.84 bits per heavy atom. The lowest BCUT2D eigenvalue weighted by Crippen LogP contribution is -2.30. The molecular formula is C22H21ClN2O4S2. The van der Waals surface area contributed by atoms with E-state index in [1.165, 1.54) is 29.0 Å². The van der Waals surface area contributed by atoms with Crippen molar-refractivity contribution in [3.63, 3.8) is 0 Å². The maximum absolute atomic E-state index is 13.3. The number of hydrogen-bond acceptors (Lipinski definition) is 5. The van der Waals surface area contributed by atoms with E-state index in [9.17, 15) is 13.2 Å². The highest BCUT2D eigenvalue weighted by molar-refractivity contribution is 7.89. The fourth-order valence-corrected chi connectivity index (χ4v) is 5.95. The molecule has 0 spiro atoms. The molecule has 2 heterocycles. The van der Waals surface area contributed by atoms with Gasteiger partial charge in [0.15, 0.2) is 6.61 Å². The van der Waals surface area contributed by atoms with Gasteiger partial charge in [0.25, 0.3) is 5.91 Å². The second-order valence-electron chi connectivity index (χ2n) is 7.51. The molecule has 1 amide bonds. The highest BCUT2D eigenvalue weighted by atomic mass is 35.5. The van der Waals surface area contributed by atoms with Crippen LogP contribution in [0, 0.1) is 0 Å². The van der Waals surface area contributed by atoms with Crippen LogP contribution < -0.4 is 14.8 Å². The third-order valence-corrected chi connectivity index (χ3v) is 7.82. The summed E-state index contributed by atoms with van der Waals surface area (Å²) in [7, 11) is -4.01. The first-order valence-electron chi connectivity index (χ1n) is 9.66. The summed E-state index contributed by atoms with van der Waals surface area (Å²) >= 11 is 7.75. The standard InChI is InChI=1S/C22H21ClN2O4S2/c1-13(2)14-5-7-15(8-6-14)22(19-4-3-9-30-19)25-31(27,28)20-11-18-17(10-16(20)23)24-21(26)12-29-18/h3-11,13,22,25H,12H2,1-2H3,(H,24,26).